The first kappa shape index (κ1) is 23.4. The van der Waals surface area contributed by atoms with E-state index in [0.717, 1.165) is 0 Å². The summed E-state index contributed by atoms with van der Waals surface area (Å²) in [4.78, 5) is 24.4. The molecule has 0 aromatic carbocycles. The fourth-order valence-corrected chi connectivity index (χ4v) is 1.99. The minimum Gasteiger partial charge on any atom is -0.498 e. The van der Waals surface area contributed by atoms with Gasteiger partial charge in [0.25, 0.3) is 0 Å². The van der Waals surface area contributed by atoms with Gasteiger partial charge in [0.15, 0.2) is 0 Å². The number of aliphatic hydroxyl groups excluding tert-OH is 1. The van der Waals surface area contributed by atoms with E-state index in [1.165, 1.54) is 0 Å². The van der Waals surface area contributed by atoms with Crippen LogP contribution in [-0.2, 0) is 23.8 Å². The Balaban J connectivity index is 4.99. The van der Waals surface area contributed by atoms with Crippen LogP contribution in [0, 0.1) is 17.8 Å². The van der Waals surface area contributed by atoms with Gasteiger partial charge in [0, 0.05) is 5.92 Å². The molecule has 0 aromatic rings. The average Bonchev–Trinajstić information content (AvgIpc) is 2.53. The van der Waals surface area contributed by atoms with Gasteiger partial charge in [-0.2, -0.15) is 0 Å². The molecule has 0 fully saturated rings. The molecule has 0 aromatic heterocycles. The lowest BCUT2D eigenvalue weighted by atomic mass is 9.89. The summed E-state index contributed by atoms with van der Waals surface area (Å²) in [5.41, 5.74) is 0. The molecule has 3 unspecified atom stereocenters. The maximum atomic E-state index is 12.4. The third-order valence-corrected chi connectivity index (χ3v) is 3.66. The second-order valence-electron chi connectivity index (χ2n) is 7.00. The quantitative estimate of drug-likeness (QED) is 0.426. The summed E-state index contributed by atoms with van der Waals surface area (Å²) in [5, 5.41) is 9.57. The fourth-order valence-electron chi connectivity index (χ4n) is 1.99. The van der Waals surface area contributed by atoms with Crippen molar-refractivity contribution in [2.75, 3.05) is 13.2 Å². The minimum absolute atomic E-state index is 0.100. The molecule has 6 nitrogen and oxygen atoms in total. The number of hydrogen-bond acceptors (Lipinski definition) is 6. The van der Waals surface area contributed by atoms with Crippen molar-refractivity contribution in [3.63, 3.8) is 0 Å². The Morgan fingerprint density at radius 3 is 2.12 bits per heavy atom. The molecule has 0 aliphatic rings. The van der Waals surface area contributed by atoms with Gasteiger partial charge in [-0.1, -0.05) is 34.3 Å². The van der Waals surface area contributed by atoms with Crippen LogP contribution >= 0.6 is 0 Å². The van der Waals surface area contributed by atoms with Crippen LogP contribution in [0.2, 0.25) is 0 Å². The van der Waals surface area contributed by atoms with E-state index < -0.39 is 29.9 Å². The minimum atomic E-state index is -0.769. The summed E-state index contributed by atoms with van der Waals surface area (Å²) in [5.74, 6) is -1.46. The van der Waals surface area contributed by atoms with Crippen molar-refractivity contribution < 1.29 is 28.9 Å². The molecular formula is C19H34O6. The number of rotatable bonds is 12. The van der Waals surface area contributed by atoms with Gasteiger partial charge in [-0.15, -0.1) is 0 Å². The predicted octanol–water partition coefficient (Wildman–Crippen LogP) is 3.08. The lowest BCUT2D eigenvalue weighted by Crippen LogP contribution is -2.31. The molecule has 6 heteroatoms. The van der Waals surface area contributed by atoms with E-state index in [4.69, 9.17) is 14.2 Å². The van der Waals surface area contributed by atoms with Gasteiger partial charge >= 0.3 is 11.9 Å². The van der Waals surface area contributed by atoms with Gasteiger partial charge in [0.05, 0.1) is 36.9 Å². The standard InChI is InChI=1S/C19H34O6/c1-8-16(20)11-24-19(22)17(9-18(21)25-13(4)5)14(6)15(7)23-10-12(2)3/h12-14,16-17,20H,7-11H2,1-6H3. The number of carbonyl (C=O) groups is 2. The summed E-state index contributed by atoms with van der Waals surface area (Å²) in [6.45, 7) is 15.3. The first-order chi connectivity index (χ1) is 11.6. The lowest BCUT2D eigenvalue weighted by molar-refractivity contribution is -0.160. The zero-order valence-corrected chi connectivity index (χ0v) is 16.4. The Morgan fingerprint density at radius 1 is 1.04 bits per heavy atom. The van der Waals surface area contributed by atoms with Crippen LogP contribution in [-0.4, -0.2) is 42.5 Å². The molecule has 3 atom stereocenters. The summed E-state index contributed by atoms with van der Waals surface area (Å²) in [7, 11) is 0. The summed E-state index contributed by atoms with van der Waals surface area (Å²) in [6, 6.07) is 0. The maximum Gasteiger partial charge on any atom is 0.310 e. The van der Waals surface area contributed by atoms with Crippen molar-refractivity contribution in [2.24, 2.45) is 17.8 Å². The van der Waals surface area contributed by atoms with Gasteiger partial charge in [-0.3, -0.25) is 9.59 Å². The molecule has 146 valence electrons. The monoisotopic (exact) mass is 358 g/mol. The molecule has 0 saturated carbocycles. The van der Waals surface area contributed by atoms with E-state index in [1.54, 1.807) is 27.7 Å². The van der Waals surface area contributed by atoms with Crippen LogP contribution < -0.4 is 0 Å². The van der Waals surface area contributed by atoms with Crippen molar-refractivity contribution in [2.45, 2.75) is 66.6 Å². The third-order valence-electron chi connectivity index (χ3n) is 3.66. The molecule has 0 spiro atoms. The SMILES string of the molecule is C=C(OCC(C)C)C(C)C(CC(=O)OC(C)C)C(=O)OCC(O)CC. The third kappa shape index (κ3) is 10.1. The number of allylic oxidation sites excluding steroid dienone is 1. The number of esters is 2. The van der Waals surface area contributed by atoms with Crippen molar-refractivity contribution in [1.82, 2.24) is 0 Å². The van der Waals surface area contributed by atoms with Crippen molar-refractivity contribution >= 4 is 11.9 Å². The average molecular weight is 358 g/mol. The molecule has 1 N–H and O–H groups in total. The van der Waals surface area contributed by atoms with Crippen LogP contribution in [0.15, 0.2) is 12.3 Å². The van der Waals surface area contributed by atoms with Crippen LogP contribution in [0.1, 0.15) is 54.4 Å². The molecule has 0 radical (unpaired) electrons. The maximum absolute atomic E-state index is 12.4. The van der Waals surface area contributed by atoms with E-state index in [2.05, 4.69) is 6.58 Å². The van der Waals surface area contributed by atoms with E-state index >= 15 is 0 Å². The molecule has 0 amide bonds. The van der Waals surface area contributed by atoms with Crippen LogP contribution in [0.3, 0.4) is 0 Å². The van der Waals surface area contributed by atoms with Crippen molar-refractivity contribution in [3.05, 3.63) is 12.3 Å². The van der Waals surface area contributed by atoms with E-state index in [-0.39, 0.29) is 19.1 Å². The van der Waals surface area contributed by atoms with Crippen molar-refractivity contribution in [3.8, 4) is 0 Å². The van der Waals surface area contributed by atoms with Gasteiger partial charge < -0.3 is 19.3 Å². The molecule has 0 saturated heterocycles. The highest BCUT2D eigenvalue weighted by atomic mass is 16.5. The second-order valence-corrected chi connectivity index (χ2v) is 7.00. The molecule has 0 aliphatic heterocycles. The van der Waals surface area contributed by atoms with Gasteiger partial charge in [0.1, 0.15) is 6.61 Å². The Morgan fingerprint density at radius 2 is 1.64 bits per heavy atom. The van der Waals surface area contributed by atoms with Crippen LogP contribution in [0.4, 0.5) is 0 Å². The largest absolute Gasteiger partial charge is 0.498 e. The molecule has 25 heavy (non-hydrogen) atoms. The first-order valence-corrected chi connectivity index (χ1v) is 8.94. The summed E-state index contributed by atoms with van der Waals surface area (Å²) >= 11 is 0. The highest BCUT2D eigenvalue weighted by Crippen LogP contribution is 2.26. The molecule has 0 rings (SSSR count). The number of hydrogen-bond donors (Lipinski definition) is 1. The Hall–Kier alpha value is -1.56. The predicted molar refractivity (Wildman–Crippen MR) is 95.7 cm³/mol. The van der Waals surface area contributed by atoms with Gasteiger partial charge in [-0.25, -0.2) is 0 Å². The van der Waals surface area contributed by atoms with Crippen molar-refractivity contribution in [1.29, 1.82) is 0 Å². The molecular weight excluding hydrogens is 324 g/mol. The zero-order chi connectivity index (χ0) is 19.6. The lowest BCUT2D eigenvalue weighted by Gasteiger charge is -2.25. The number of carbonyl (C=O) groups excluding carboxylic acids is 2. The smallest absolute Gasteiger partial charge is 0.310 e. The number of ether oxygens (including phenoxy) is 3. The Labute approximate surface area is 151 Å². The second kappa shape index (κ2) is 11.9. The van der Waals surface area contributed by atoms with E-state index in [0.29, 0.717) is 24.7 Å². The molecule has 0 heterocycles. The molecule has 0 aliphatic carbocycles. The van der Waals surface area contributed by atoms with E-state index in [9.17, 15) is 14.7 Å². The first-order valence-electron chi connectivity index (χ1n) is 8.94. The topological polar surface area (TPSA) is 82.1 Å². The van der Waals surface area contributed by atoms with Crippen LogP contribution in [0.5, 0.6) is 0 Å². The van der Waals surface area contributed by atoms with E-state index in [1.807, 2.05) is 13.8 Å². The van der Waals surface area contributed by atoms with Gasteiger partial charge in [0.2, 0.25) is 0 Å². The fraction of sp³-hybridized carbons (Fsp3) is 0.789. The van der Waals surface area contributed by atoms with Crippen LogP contribution in [0.25, 0.3) is 0 Å². The summed E-state index contributed by atoms with van der Waals surface area (Å²) < 4.78 is 15.9. The Bertz CT molecular complexity index is 430. The summed E-state index contributed by atoms with van der Waals surface area (Å²) in [6.07, 6.45) is -0.623. The Kier molecular flexibility index (Phi) is 11.2. The molecule has 0 bridgehead atoms. The number of aliphatic hydroxyl groups is 1. The highest BCUT2D eigenvalue weighted by molar-refractivity contribution is 5.80. The van der Waals surface area contributed by atoms with Gasteiger partial charge in [-0.05, 0) is 26.2 Å². The zero-order valence-electron chi connectivity index (χ0n) is 16.4. The highest BCUT2D eigenvalue weighted by Gasteiger charge is 2.33. The normalized spacial score (nSPS) is 14.8.